The number of carboxylic acids is 1. The molecular formula is C21H23FN4O6S. The van der Waals surface area contributed by atoms with Gasteiger partial charge in [0.05, 0.1) is 12.6 Å². The molecule has 4 rings (SSSR count). The van der Waals surface area contributed by atoms with Gasteiger partial charge in [0.25, 0.3) is 0 Å². The zero-order valence-corrected chi connectivity index (χ0v) is 18.9. The third kappa shape index (κ3) is 4.11. The van der Waals surface area contributed by atoms with Crippen LogP contribution in [0, 0.1) is 12.7 Å². The number of methoxy groups -OCH3 is 1. The Balaban J connectivity index is 1.66. The van der Waals surface area contributed by atoms with Gasteiger partial charge in [0.2, 0.25) is 15.9 Å². The lowest BCUT2D eigenvalue weighted by molar-refractivity contribution is -0.137. The molecule has 3 aromatic rings. The summed E-state index contributed by atoms with van der Waals surface area (Å²) in [6.45, 7) is 1.29. The van der Waals surface area contributed by atoms with Crippen LogP contribution in [0.1, 0.15) is 24.4 Å². The number of ether oxygens (including phenoxy) is 1. The van der Waals surface area contributed by atoms with E-state index in [-0.39, 0.29) is 42.4 Å². The molecule has 1 aliphatic rings. The quantitative estimate of drug-likeness (QED) is 0.573. The third-order valence-corrected chi connectivity index (χ3v) is 7.71. The summed E-state index contributed by atoms with van der Waals surface area (Å²) in [5.74, 6) is -1.71. The van der Waals surface area contributed by atoms with E-state index in [9.17, 15) is 27.5 Å². The van der Waals surface area contributed by atoms with Crippen molar-refractivity contribution >= 4 is 27.2 Å². The Hall–Kier alpha value is -3.25. The third-order valence-electron chi connectivity index (χ3n) is 5.78. The summed E-state index contributed by atoms with van der Waals surface area (Å²) in [7, 11) is -2.61. The van der Waals surface area contributed by atoms with Gasteiger partial charge < -0.3 is 9.84 Å². The van der Waals surface area contributed by atoms with Crippen LogP contribution in [-0.4, -0.2) is 58.1 Å². The normalized spacial score (nSPS) is 15.7. The highest BCUT2D eigenvalue weighted by Gasteiger charge is 2.33. The first-order valence-corrected chi connectivity index (χ1v) is 11.7. The predicted molar refractivity (Wildman–Crippen MR) is 116 cm³/mol. The van der Waals surface area contributed by atoms with Crippen LogP contribution in [0.4, 0.5) is 4.39 Å². The average molecular weight is 479 g/mol. The standard InChI is InChI=1S/C21H23FN4O6S/c1-13-3-5-17(15(22)11-13)33(30,31)24-9-7-14(8-10-24)26-20-16(4-6-18(23-20)32-2)25(21(26)29)12-19(27)28/h3-6,11,14H,7-10,12H2,1-2H3,(H,27,28). The molecular weight excluding hydrogens is 455 g/mol. The van der Waals surface area contributed by atoms with Crippen molar-refractivity contribution in [2.75, 3.05) is 20.2 Å². The molecule has 0 saturated carbocycles. The van der Waals surface area contributed by atoms with Gasteiger partial charge in [-0.25, -0.2) is 17.6 Å². The first-order valence-electron chi connectivity index (χ1n) is 10.3. The number of nitrogens with zero attached hydrogens (tertiary/aromatic N) is 4. The zero-order chi connectivity index (χ0) is 23.9. The van der Waals surface area contributed by atoms with Crippen LogP contribution in [0.5, 0.6) is 5.88 Å². The largest absolute Gasteiger partial charge is 0.481 e. The maximum Gasteiger partial charge on any atom is 0.331 e. The van der Waals surface area contributed by atoms with Gasteiger partial charge in [-0.05, 0) is 43.5 Å². The summed E-state index contributed by atoms with van der Waals surface area (Å²) in [5.41, 5.74) is 0.690. The van der Waals surface area contributed by atoms with Crippen molar-refractivity contribution < 1.29 is 27.4 Å². The number of fused-ring (bicyclic) bond motifs is 1. The lowest BCUT2D eigenvalue weighted by Crippen LogP contribution is -2.41. The summed E-state index contributed by atoms with van der Waals surface area (Å²) >= 11 is 0. The van der Waals surface area contributed by atoms with Crippen LogP contribution >= 0.6 is 0 Å². The molecule has 1 aromatic carbocycles. The number of aliphatic carboxylic acids is 1. The van der Waals surface area contributed by atoms with E-state index in [1.807, 2.05) is 0 Å². The minimum absolute atomic E-state index is 0.0718. The van der Waals surface area contributed by atoms with Crippen LogP contribution in [0.25, 0.3) is 11.2 Å². The van der Waals surface area contributed by atoms with Crippen molar-refractivity contribution in [2.24, 2.45) is 0 Å². The van der Waals surface area contributed by atoms with Crippen molar-refractivity contribution in [3.63, 3.8) is 0 Å². The number of hydrogen-bond donors (Lipinski definition) is 1. The van der Waals surface area contributed by atoms with Crippen molar-refractivity contribution in [2.45, 2.75) is 37.2 Å². The van der Waals surface area contributed by atoms with Gasteiger partial charge >= 0.3 is 11.7 Å². The molecule has 33 heavy (non-hydrogen) atoms. The molecule has 12 heteroatoms. The van der Waals surface area contributed by atoms with Gasteiger partial charge in [-0.3, -0.25) is 13.9 Å². The van der Waals surface area contributed by atoms with E-state index in [4.69, 9.17) is 4.74 Å². The second kappa shape index (κ2) is 8.60. The highest BCUT2D eigenvalue weighted by molar-refractivity contribution is 7.89. The topological polar surface area (TPSA) is 124 Å². The maximum absolute atomic E-state index is 14.3. The summed E-state index contributed by atoms with van der Waals surface area (Å²) in [4.78, 5) is 28.3. The Bertz CT molecular complexity index is 1390. The van der Waals surface area contributed by atoms with Crippen molar-refractivity contribution in [1.82, 2.24) is 18.4 Å². The fraction of sp³-hybridized carbons (Fsp3) is 0.381. The van der Waals surface area contributed by atoms with E-state index in [1.54, 1.807) is 19.1 Å². The fourth-order valence-corrected chi connectivity index (χ4v) is 5.68. The average Bonchev–Trinajstić information content (AvgIpc) is 3.03. The molecule has 0 spiro atoms. The van der Waals surface area contributed by atoms with Crippen molar-refractivity contribution in [1.29, 1.82) is 0 Å². The predicted octanol–water partition coefficient (Wildman–Crippen LogP) is 1.76. The Morgan fingerprint density at radius 1 is 1.24 bits per heavy atom. The Morgan fingerprint density at radius 3 is 2.55 bits per heavy atom. The van der Waals surface area contributed by atoms with Crippen LogP contribution < -0.4 is 10.4 Å². The number of aromatic nitrogens is 3. The van der Waals surface area contributed by atoms with Gasteiger partial charge in [0, 0.05) is 25.2 Å². The number of pyridine rings is 1. The molecule has 10 nitrogen and oxygen atoms in total. The first-order chi connectivity index (χ1) is 15.6. The molecule has 0 atom stereocenters. The second-order valence-electron chi connectivity index (χ2n) is 7.90. The van der Waals surface area contributed by atoms with Crippen LogP contribution in [-0.2, 0) is 21.4 Å². The molecule has 1 N–H and O–H groups in total. The second-order valence-corrected chi connectivity index (χ2v) is 9.80. The number of halogens is 1. The molecule has 0 amide bonds. The summed E-state index contributed by atoms with van der Waals surface area (Å²) in [6.07, 6.45) is 0.551. The molecule has 2 aromatic heterocycles. The number of carbonyl (C=O) groups is 1. The molecule has 1 fully saturated rings. The van der Waals surface area contributed by atoms with Crippen molar-refractivity contribution in [3.05, 3.63) is 52.2 Å². The number of hydrogen-bond acceptors (Lipinski definition) is 6. The Labute approximate surface area is 188 Å². The van der Waals surface area contributed by atoms with E-state index in [0.29, 0.717) is 11.1 Å². The SMILES string of the molecule is COc1ccc2c(n1)n(C1CCN(S(=O)(=O)c3ccc(C)cc3F)CC1)c(=O)n2CC(=O)O. The first kappa shape index (κ1) is 22.9. The molecule has 3 heterocycles. The number of imidazole rings is 1. The monoisotopic (exact) mass is 478 g/mol. The molecule has 1 aliphatic heterocycles. The van der Waals surface area contributed by atoms with E-state index >= 15 is 0 Å². The minimum Gasteiger partial charge on any atom is -0.481 e. The molecule has 0 aliphatic carbocycles. The smallest absolute Gasteiger partial charge is 0.331 e. The molecule has 176 valence electrons. The van der Waals surface area contributed by atoms with Gasteiger partial charge in [-0.1, -0.05) is 6.07 Å². The zero-order valence-electron chi connectivity index (χ0n) is 18.1. The number of benzene rings is 1. The molecule has 0 unspecified atom stereocenters. The Morgan fingerprint density at radius 2 is 1.94 bits per heavy atom. The highest BCUT2D eigenvalue weighted by atomic mass is 32.2. The minimum atomic E-state index is -4.04. The van der Waals surface area contributed by atoms with E-state index < -0.39 is 40.1 Å². The van der Waals surface area contributed by atoms with E-state index in [0.717, 1.165) is 4.57 Å². The van der Waals surface area contributed by atoms with Crippen LogP contribution in [0.2, 0.25) is 0 Å². The van der Waals surface area contributed by atoms with Gasteiger partial charge in [-0.15, -0.1) is 0 Å². The molecule has 1 saturated heterocycles. The molecule has 0 radical (unpaired) electrons. The number of carboxylic acid groups (broad SMARTS) is 1. The number of rotatable bonds is 6. The summed E-state index contributed by atoms with van der Waals surface area (Å²) in [6, 6.07) is 6.67. The fourth-order valence-electron chi connectivity index (χ4n) is 4.16. The summed E-state index contributed by atoms with van der Waals surface area (Å²) in [5, 5.41) is 9.23. The van der Waals surface area contributed by atoms with Crippen molar-refractivity contribution in [3.8, 4) is 5.88 Å². The molecule has 0 bridgehead atoms. The van der Waals surface area contributed by atoms with E-state index in [2.05, 4.69) is 4.98 Å². The van der Waals surface area contributed by atoms with E-state index in [1.165, 1.54) is 34.2 Å². The van der Waals surface area contributed by atoms with Gasteiger partial charge in [0.15, 0.2) is 5.65 Å². The Kier molecular flexibility index (Phi) is 5.97. The summed E-state index contributed by atoms with van der Waals surface area (Å²) < 4.78 is 49.1. The lowest BCUT2D eigenvalue weighted by atomic mass is 10.1. The van der Waals surface area contributed by atoms with Gasteiger partial charge in [0.1, 0.15) is 17.3 Å². The lowest BCUT2D eigenvalue weighted by Gasteiger charge is -2.31. The maximum atomic E-state index is 14.3. The number of piperidine rings is 1. The van der Waals surface area contributed by atoms with Crippen LogP contribution in [0.3, 0.4) is 0 Å². The van der Waals surface area contributed by atoms with Gasteiger partial charge in [-0.2, -0.15) is 9.29 Å². The highest BCUT2D eigenvalue weighted by Crippen LogP contribution is 2.30. The number of aryl methyl sites for hydroxylation is 1. The van der Waals surface area contributed by atoms with Crippen LogP contribution in [0.15, 0.2) is 40.0 Å². The number of sulfonamides is 1.